The maximum atomic E-state index is 13.6. The number of ether oxygens (including phenoxy) is 3. The fraction of sp³-hybridized carbons (Fsp3) is 0.714. The van der Waals surface area contributed by atoms with Gasteiger partial charge in [0.2, 0.25) is 59.1 Å². The zero-order chi connectivity index (χ0) is 71.2. The number of aliphatic hydroxyl groups excluding tert-OH is 2. The first-order valence-corrected chi connectivity index (χ1v) is 29.8. The summed E-state index contributed by atoms with van der Waals surface area (Å²) in [5, 5.41) is 98.8. The van der Waals surface area contributed by atoms with E-state index in [2.05, 4.69) is 42.5 Å². The number of carboxylic acid groups (broad SMARTS) is 6. The van der Waals surface area contributed by atoms with E-state index in [9.17, 15) is 118 Å². The fourth-order valence-corrected chi connectivity index (χ4v) is 8.14. The van der Waals surface area contributed by atoms with Gasteiger partial charge in [0, 0.05) is 25.7 Å². The summed E-state index contributed by atoms with van der Waals surface area (Å²) in [6.07, 6.45) is -4.50. The van der Waals surface area contributed by atoms with Crippen LogP contribution in [0.1, 0.15) is 120 Å². The SMILES string of the molecule is CC[C@H](C)[C@H](NC(=O)CCOCCOCCOCCC(=O)N[C@H](C(=O)N[C@@H](CCC(=O)O)C(=O)N[C@@H](CO)C(=O)N[C@@H](CC(=O)O)C(=O)N[C@H](C(=O)O)C(C)C)[C@@H](C)CC)C(=O)N[C@@H](CCC(=O)O)C(=O)N[C@@H](CO)C(=O)N[C@@H](CC(=O)O)C(=O)N[C@H](C(=O)O)C(C)C. The molecule has 12 atom stereocenters. The van der Waals surface area contributed by atoms with E-state index in [4.69, 9.17) is 14.2 Å². The summed E-state index contributed by atoms with van der Waals surface area (Å²) in [7, 11) is 0. The zero-order valence-electron chi connectivity index (χ0n) is 53.1. The summed E-state index contributed by atoms with van der Waals surface area (Å²) in [6, 6.07) is -16.5. The molecule has 0 aliphatic carbocycles. The Labute approximate surface area is 535 Å². The molecule has 10 amide bonds. The van der Waals surface area contributed by atoms with Crippen LogP contribution in [0.25, 0.3) is 0 Å². The van der Waals surface area contributed by atoms with Gasteiger partial charge < -0.3 is 108 Å². The van der Waals surface area contributed by atoms with E-state index in [0.717, 1.165) is 0 Å². The van der Waals surface area contributed by atoms with Gasteiger partial charge in [-0.15, -0.1) is 0 Å². The van der Waals surface area contributed by atoms with E-state index in [0.29, 0.717) is 12.8 Å². The number of rotatable bonds is 50. The van der Waals surface area contributed by atoms with Gasteiger partial charge in [-0.1, -0.05) is 68.2 Å². The van der Waals surface area contributed by atoms with Crippen LogP contribution in [0.2, 0.25) is 0 Å². The molecule has 0 saturated heterocycles. The molecule has 0 aromatic heterocycles. The smallest absolute Gasteiger partial charge is 0.326 e. The van der Waals surface area contributed by atoms with Gasteiger partial charge in [0.05, 0.1) is 65.7 Å². The highest BCUT2D eigenvalue weighted by molar-refractivity contribution is 5.99. The molecule has 0 saturated carbocycles. The van der Waals surface area contributed by atoms with Gasteiger partial charge in [-0.3, -0.25) is 67.1 Å². The highest BCUT2D eigenvalue weighted by Crippen LogP contribution is 2.13. The molecule has 93 heavy (non-hydrogen) atoms. The first-order valence-electron chi connectivity index (χ1n) is 29.8. The van der Waals surface area contributed by atoms with Crippen LogP contribution in [0.3, 0.4) is 0 Å². The Morgan fingerprint density at radius 1 is 0.312 bits per heavy atom. The average molecular weight is 1340 g/mol. The lowest BCUT2D eigenvalue weighted by molar-refractivity contribution is -0.145. The van der Waals surface area contributed by atoms with Crippen molar-refractivity contribution in [3.8, 4) is 0 Å². The second kappa shape index (κ2) is 44.8. The molecule has 18 N–H and O–H groups in total. The molecular weight excluding hydrogens is 1240 g/mol. The second-order valence-corrected chi connectivity index (χ2v) is 22.1. The Bertz CT molecular complexity index is 2390. The van der Waals surface area contributed by atoms with Gasteiger partial charge in [-0.25, -0.2) is 9.59 Å². The van der Waals surface area contributed by atoms with Crippen molar-refractivity contribution in [2.45, 2.75) is 180 Å². The molecule has 0 radical (unpaired) electrons. The summed E-state index contributed by atoms with van der Waals surface area (Å²) < 4.78 is 16.4. The van der Waals surface area contributed by atoms with Crippen molar-refractivity contribution in [2.75, 3.05) is 52.9 Å². The van der Waals surface area contributed by atoms with Crippen LogP contribution < -0.4 is 53.2 Å². The van der Waals surface area contributed by atoms with Crippen molar-refractivity contribution in [1.29, 1.82) is 0 Å². The molecular formula is C56H92N10O27. The Morgan fingerprint density at radius 2 is 0.581 bits per heavy atom. The average Bonchev–Trinajstić information content (AvgIpc) is 0.995. The molecule has 0 spiro atoms. The predicted octanol–water partition coefficient (Wildman–Crippen LogP) is -5.10. The minimum atomic E-state index is -1.90. The van der Waals surface area contributed by atoms with Gasteiger partial charge in [-0.05, 0) is 36.5 Å². The van der Waals surface area contributed by atoms with Gasteiger partial charge in [-0.2, -0.15) is 0 Å². The van der Waals surface area contributed by atoms with Crippen LogP contribution >= 0.6 is 0 Å². The van der Waals surface area contributed by atoms with Crippen molar-refractivity contribution >= 4 is 94.9 Å². The van der Waals surface area contributed by atoms with Crippen molar-refractivity contribution in [3.63, 3.8) is 0 Å². The number of nitrogens with one attached hydrogen (secondary N) is 10. The van der Waals surface area contributed by atoms with E-state index >= 15 is 0 Å². The monoisotopic (exact) mass is 1340 g/mol. The van der Waals surface area contributed by atoms with Crippen molar-refractivity contribution < 1.29 is 132 Å². The number of carboxylic acids is 6. The van der Waals surface area contributed by atoms with E-state index in [1.54, 1.807) is 27.7 Å². The standard InChI is InChI=1S/C56H92N10O27/c1-9-29(7)45(53(85)57-31(11-13-39(71)72)47(79)61-35(25-67)51(83)59-33(23-41(75)76)49(81)65-43(27(3)4)55(87)88)63-37(69)15-17-91-19-21-93-22-20-92-18-16-38(70)64-46(30(8)10-2)54(86)58-32(12-14-40(73)74)48(80)62-36(26-68)52(84)60-34(24-42(77)78)50(82)66-44(28(5)6)56(89)90/h27-36,43-46,67-68H,9-26H2,1-8H3,(H,57,85)(H,58,86)(H,59,83)(H,60,84)(H,61,79)(H,62,80)(H,63,69)(H,64,70)(H,65,81)(H,66,82)(H,71,72)(H,73,74)(H,75,76)(H,77,78)(H,87,88)(H,89,90)/t29-,30-,31-,32-,33-,34-,35-,36-,43-,44-,45-,46-/m0/s1. The van der Waals surface area contributed by atoms with Crippen LogP contribution in [-0.2, 0) is 90.9 Å². The summed E-state index contributed by atoms with van der Waals surface area (Å²) in [5.41, 5.74) is 0. The number of hydrogen-bond donors (Lipinski definition) is 18. The molecule has 0 bridgehead atoms. The normalized spacial score (nSPS) is 15.0. The fourth-order valence-electron chi connectivity index (χ4n) is 8.14. The lowest BCUT2D eigenvalue weighted by Gasteiger charge is -2.27. The number of amides is 10. The Kier molecular flexibility index (Phi) is 40.6. The van der Waals surface area contributed by atoms with Crippen LogP contribution in [-0.4, -0.2) is 249 Å². The highest BCUT2D eigenvalue weighted by atomic mass is 16.5. The molecule has 0 aliphatic heterocycles. The molecule has 37 nitrogen and oxygen atoms in total. The maximum Gasteiger partial charge on any atom is 0.326 e. The Morgan fingerprint density at radius 3 is 0.839 bits per heavy atom. The van der Waals surface area contributed by atoms with E-state index in [-0.39, 0.29) is 52.5 Å². The van der Waals surface area contributed by atoms with Gasteiger partial charge in [0.15, 0.2) is 0 Å². The van der Waals surface area contributed by atoms with Gasteiger partial charge in [0.25, 0.3) is 0 Å². The topological polar surface area (TPSA) is 583 Å². The lowest BCUT2D eigenvalue weighted by Crippen LogP contribution is -2.60. The van der Waals surface area contributed by atoms with Crippen molar-refractivity contribution in [2.24, 2.45) is 23.7 Å². The lowest BCUT2D eigenvalue weighted by atomic mass is 9.97. The molecule has 0 unspecified atom stereocenters. The van der Waals surface area contributed by atoms with Crippen LogP contribution in [0, 0.1) is 23.7 Å². The number of aliphatic carboxylic acids is 6. The third-order valence-electron chi connectivity index (χ3n) is 14.0. The minimum Gasteiger partial charge on any atom is -0.481 e. The molecule has 0 rings (SSSR count). The third kappa shape index (κ3) is 34.0. The molecule has 0 heterocycles. The molecule has 0 aromatic carbocycles. The van der Waals surface area contributed by atoms with Gasteiger partial charge >= 0.3 is 35.8 Å². The third-order valence-corrected chi connectivity index (χ3v) is 14.0. The van der Waals surface area contributed by atoms with E-state index in [1.807, 2.05) is 10.6 Å². The second-order valence-electron chi connectivity index (χ2n) is 22.1. The van der Waals surface area contributed by atoms with Crippen LogP contribution in [0.5, 0.6) is 0 Å². The predicted molar refractivity (Wildman–Crippen MR) is 317 cm³/mol. The van der Waals surface area contributed by atoms with Gasteiger partial charge in [0.1, 0.15) is 60.4 Å². The summed E-state index contributed by atoms with van der Waals surface area (Å²) in [5.74, 6) is -21.9. The summed E-state index contributed by atoms with van der Waals surface area (Å²) in [6.45, 7) is 9.77. The van der Waals surface area contributed by atoms with E-state index < -0.39 is 231 Å². The summed E-state index contributed by atoms with van der Waals surface area (Å²) >= 11 is 0. The number of aliphatic hydroxyl groups is 2. The highest BCUT2D eigenvalue weighted by Gasteiger charge is 2.37. The van der Waals surface area contributed by atoms with Crippen LogP contribution in [0.4, 0.5) is 0 Å². The van der Waals surface area contributed by atoms with Crippen molar-refractivity contribution in [3.05, 3.63) is 0 Å². The first kappa shape index (κ1) is 84.3. The summed E-state index contributed by atoms with van der Waals surface area (Å²) in [4.78, 5) is 202. The minimum absolute atomic E-state index is 0.0117. The molecule has 0 aliphatic rings. The Hall–Kier alpha value is -8.68. The number of hydrogen-bond acceptors (Lipinski definition) is 21. The quantitative estimate of drug-likeness (QED) is 0.0253. The maximum absolute atomic E-state index is 13.6. The number of carbonyl (C=O) groups is 16. The zero-order valence-corrected chi connectivity index (χ0v) is 53.1. The molecule has 0 fully saturated rings. The van der Waals surface area contributed by atoms with E-state index in [1.165, 1.54) is 27.7 Å². The largest absolute Gasteiger partial charge is 0.481 e. The first-order chi connectivity index (χ1) is 43.5. The van der Waals surface area contributed by atoms with Crippen LogP contribution in [0.15, 0.2) is 0 Å². The Balaban J connectivity index is 5.47. The number of carbonyl (C=O) groups excluding carboxylic acids is 10. The molecule has 37 heteroatoms. The molecule has 0 aromatic rings. The van der Waals surface area contributed by atoms with Crippen molar-refractivity contribution in [1.82, 2.24) is 53.2 Å². The molecule has 528 valence electrons.